The van der Waals surface area contributed by atoms with E-state index in [0.29, 0.717) is 16.1 Å². The summed E-state index contributed by atoms with van der Waals surface area (Å²) < 4.78 is 0. The number of aldehydes is 1. The summed E-state index contributed by atoms with van der Waals surface area (Å²) in [6, 6.07) is 0.391. The summed E-state index contributed by atoms with van der Waals surface area (Å²) in [5, 5.41) is 1.20. The Morgan fingerprint density at radius 1 is 1.62 bits per heavy atom. The van der Waals surface area contributed by atoms with Crippen LogP contribution in [0.15, 0.2) is 0 Å². The molecule has 1 fully saturated rings. The first-order chi connectivity index (χ1) is 7.61. The molecule has 0 amide bonds. The maximum Gasteiger partial charge on any atom is 0.187 e. The molecule has 0 radical (unpaired) electrons. The van der Waals surface area contributed by atoms with E-state index in [0.717, 1.165) is 23.9 Å². The van der Waals surface area contributed by atoms with Gasteiger partial charge in [-0.05, 0) is 32.6 Å². The summed E-state index contributed by atoms with van der Waals surface area (Å²) in [6.07, 6.45) is 3.39. The number of rotatable bonds is 5. The number of hydrogen-bond donors (Lipinski definition) is 0. The van der Waals surface area contributed by atoms with Gasteiger partial charge in [-0.1, -0.05) is 22.9 Å². The molecule has 0 aliphatic heterocycles. The zero-order chi connectivity index (χ0) is 11.7. The molecule has 0 saturated heterocycles. The van der Waals surface area contributed by atoms with Crippen molar-refractivity contribution in [2.75, 3.05) is 11.4 Å². The van der Waals surface area contributed by atoms with Crippen molar-refractivity contribution >= 4 is 34.4 Å². The lowest BCUT2D eigenvalue weighted by Crippen LogP contribution is -2.32. The second-order valence-corrected chi connectivity index (χ2v) is 5.83. The molecule has 1 aromatic rings. The molecular formula is C11H15ClN2OS. The third kappa shape index (κ3) is 2.55. The largest absolute Gasteiger partial charge is 0.345 e. The first-order valence-electron chi connectivity index (χ1n) is 5.50. The Kier molecular flexibility index (Phi) is 3.50. The molecule has 0 N–H and O–H groups in total. The highest BCUT2D eigenvalue weighted by Crippen LogP contribution is 2.35. The molecule has 1 aliphatic rings. The van der Waals surface area contributed by atoms with Crippen molar-refractivity contribution in [2.45, 2.75) is 32.7 Å². The number of halogens is 1. The van der Waals surface area contributed by atoms with E-state index in [1.165, 1.54) is 24.2 Å². The molecule has 0 atom stereocenters. The molecule has 0 bridgehead atoms. The van der Waals surface area contributed by atoms with Gasteiger partial charge in [0.15, 0.2) is 16.6 Å². The number of aromatic nitrogens is 1. The van der Waals surface area contributed by atoms with Gasteiger partial charge in [0.05, 0.1) is 0 Å². The number of thiazole rings is 1. The van der Waals surface area contributed by atoms with Gasteiger partial charge in [0.1, 0.15) is 4.88 Å². The second kappa shape index (κ2) is 4.72. The molecule has 88 valence electrons. The quantitative estimate of drug-likeness (QED) is 0.761. The number of nitrogens with zero attached hydrogens (tertiary/aromatic N) is 2. The lowest BCUT2D eigenvalue weighted by atomic mass is 10.3. The van der Waals surface area contributed by atoms with Crippen LogP contribution in [0.2, 0.25) is 5.15 Å². The molecule has 3 nitrogen and oxygen atoms in total. The summed E-state index contributed by atoms with van der Waals surface area (Å²) in [5.41, 5.74) is 0. The Labute approximate surface area is 104 Å². The van der Waals surface area contributed by atoms with Gasteiger partial charge in [0.25, 0.3) is 0 Å². The highest BCUT2D eigenvalue weighted by molar-refractivity contribution is 7.17. The molecule has 0 spiro atoms. The van der Waals surface area contributed by atoms with Crippen LogP contribution in [0.25, 0.3) is 0 Å². The topological polar surface area (TPSA) is 33.2 Å². The van der Waals surface area contributed by atoms with E-state index >= 15 is 0 Å². The minimum Gasteiger partial charge on any atom is -0.345 e. The van der Waals surface area contributed by atoms with Crippen LogP contribution in [0.5, 0.6) is 0 Å². The van der Waals surface area contributed by atoms with Crippen molar-refractivity contribution in [2.24, 2.45) is 5.92 Å². The molecule has 1 heterocycles. The number of carbonyl (C=O) groups is 1. The van der Waals surface area contributed by atoms with E-state index in [9.17, 15) is 4.79 Å². The van der Waals surface area contributed by atoms with E-state index < -0.39 is 0 Å². The Bertz CT molecular complexity index is 387. The highest BCUT2D eigenvalue weighted by Gasteiger charge is 2.27. The normalized spacial score (nSPS) is 15.5. The molecule has 2 rings (SSSR count). The molecular weight excluding hydrogens is 244 g/mol. The van der Waals surface area contributed by atoms with Crippen molar-refractivity contribution in [1.29, 1.82) is 0 Å². The average molecular weight is 259 g/mol. The van der Waals surface area contributed by atoms with Crippen LogP contribution in [0, 0.1) is 5.92 Å². The predicted octanol–water partition coefficient (Wildman–Crippen LogP) is 3.23. The van der Waals surface area contributed by atoms with E-state index in [1.54, 1.807) is 0 Å². The van der Waals surface area contributed by atoms with Crippen molar-refractivity contribution in [1.82, 2.24) is 4.98 Å². The van der Waals surface area contributed by atoms with Gasteiger partial charge in [0.2, 0.25) is 0 Å². The minimum absolute atomic E-state index is 0.330. The summed E-state index contributed by atoms with van der Waals surface area (Å²) in [4.78, 5) is 17.8. The molecule has 0 unspecified atom stereocenters. The second-order valence-electron chi connectivity index (χ2n) is 4.46. The van der Waals surface area contributed by atoms with Gasteiger partial charge in [-0.3, -0.25) is 4.79 Å². The fourth-order valence-electron chi connectivity index (χ4n) is 1.59. The van der Waals surface area contributed by atoms with Gasteiger partial charge in [-0.15, -0.1) is 0 Å². The summed E-state index contributed by atoms with van der Waals surface area (Å²) in [7, 11) is 0. The lowest BCUT2D eigenvalue weighted by Gasteiger charge is -2.25. The Morgan fingerprint density at radius 3 is 2.75 bits per heavy atom. The molecule has 16 heavy (non-hydrogen) atoms. The zero-order valence-corrected chi connectivity index (χ0v) is 11.0. The van der Waals surface area contributed by atoms with Crippen molar-refractivity contribution < 1.29 is 4.79 Å². The maximum atomic E-state index is 10.7. The Balaban J connectivity index is 2.19. The van der Waals surface area contributed by atoms with E-state index in [4.69, 9.17) is 11.6 Å². The van der Waals surface area contributed by atoms with Crippen LogP contribution in [-0.2, 0) is 0 Å². The monoisotopic (exact) mass is 258 g/mol. The first-order valence-corrected chi connectivity index (χ1v) is 6.69. The SMILES string of the molecule is CC(C)N(CC1CC1)c1nc(Cl)c(C=O)s1. The third-order valence-electron chi connectivity index (χ3n) is 2.73. The standard InChI is InChI=1S/C11H15ClN2OS/c1-7(2)14(5-8-3-4-8)11-13-10(12)9(6-15)16-11/h6-8H,3-5H2,1-2H3. The summed E-state index contributed by atoms with van der Waals surface area (Å²) in [5.74, 6) is 0.796. The van der Waals surface area contributed by atoms with E-state index in [2.05, 4.69) is 23.7 Å². The Morgan fingerprint density at radius 2 is 2.31 bits per heavy atom. The van der Waals surface area contributed by atoms with Crippen LogP contribution in [0.1, 0.15) is 36.4 Å². The van der Waals surface area contributed by atoms with Crippen LogP contribution in [0.3, 0.4) is 0 Å². The fraction of sp³-hybridized carbons (Fsp3) is 0.636. The van der Waals surface area contributed by atoms with Gasteiger partial charge in [0, 0.05) is 12.6 Å². The van der Waals surface area contributed by atoms with Gasteiger partial charge in [-0.2, -0.15) is 0 Å². The van der Waals surface area contributed by atoms with Gasteiger partial charge >= 0.3 is 0 Å². The van der Waals surface area contributed by atoms with Crippen LogP contribution in [-0.4, -0.2) is 23.9 Å². The van der Waals surface area contributed by atoms with Crippen molar-refractivity contribution in [3.05, 3.63) is 10.0 Å². The predicted molar refractivity (Wildman–Crippen MR) is 67.7 cm³/mol. The maximum absolute atomic E-state index is 10.7. The van der Waals surface area contributed by atoms with Gasteiger partial charge < -0.3 is 4.90 Å². The summed E-state index contributed by atoms with van der Waals surface area (Å²) in [6.45, 7) is 5.30. The van der Waals surface area contributed by atoms with Crippen molar-refractivity contribution in [3.8, 4) is 0 Å². The Hall–Kier alpha value is -0.610. The average Bonchev–Trinajstić information content (AvgIpc) is 2.98. The smallest absolute Gasteiger partial charge is 0.187 e. The lowest BCUT2D eigenvalue weighted by molar-refractivity contribution is 0.112. The van der Waals surface area contributed by atoms with E-state index in [1.807, 2.05) is 0 Å². The number of carbonyl (C=O) groups excluding carboxylic acids is 1. The van der Waals surface area contributed by atoms with Crippen LogP contribution < -0.4 is 4.90 Å². The summed E-state index contributed by atoms with van der Waals surface area (Å²) >= 11 is 7.27. The van der Waals surface area contributed by atoms with Crippen molar-refractivity contribution in [3.63, 3.8) is 0 Å². The van der Waals surface area contributed by atoms with Crippen LogP contribution in [0.4, 0.5) is 5.13 Å². The number of hydrogen-bond acceptors (Lipinski definition) is 4. The third-order valence-corrected chi connectivity index (χ3v) is 4.14. The fourth-order valence-corrected chi connectivity index (χ4v) is 2.79. The molecule has 1 aromatic heterocycles. The number of anilines is 1. The molecule has 0 aromatic carbocycles. The first kappa shape index (κ1) is 11.9. The molecule has 1 saturated carbocycles. The molecule has 1 aliphatic carbocycles. The molecule has 5 heteroatoms. The highest BCUT2D eigenvalue weighted by atomic mass is 35.5. The van der Waals surface area contributed by atoms with Crippen LogP contribution >= 0.6 is 22.9 Å². The van der Waals surface area contributed by atoms with Gasteiger partial charge in [-0.25, -0.2) is 4.98 Å². The van der Waals surface area contributed by atoms with E-state index in [-0.39, 0.29) is 0 Å². The minimum atomic E-state index is 0.330. The zero-order valence-electron chi connectivity index (χ0n) is 9.44.